The second kappa shape index (κ2) is 9.09. The van der Waals surface area contributed by atoms with Gasteiger partial charge in [-0.2, -0.15) is 5.10 Å². The van der Waals surface area contributed by atoms with Crippen LogP contribution >= 0.6 is 23.2 Å². The van der Waals surface area contributed by atoms with E-state index in [0.717, 1.165) is 12.0 Å². The lowest BCUT2D eigenvalue weighted by Gasteiger charge is -2.50. The van der Waals surface area contributed by atoms with Crippen molar-refractivity contribution in [2.45, 2.75) is 51.5 Å². The molecular formula is C20H27Cl2N3O3. The molecule has 0 spiro atoms. The molecule has 1 aromatic carbocycles. The number of hydrogen-bond acceptors (Lipinski definition) is 5. The highest BCUT2D eigenvalue weighted by atomic mass is 35.5. The lowest BCUT2D eigenvalue weighted by Crippen LogP contribution is -2.57. The first-order chi connectivity index (χ1) is 13.4. The van der Waals surface area contributed by atoms with Crippen molar-refractivity contribution in [3.8, 4) is 0 Å². The molecule has 2 aromatic rings. The molecule has 3 rings (SSSR count). The van der Waals surface area contributed by atoms with Gasteiger partial charge in [-0.3, -0.25) is 4.68 Å². The fourth-order valence-electron chi connectivity index (χ4n) is 3.79. The van der Waals surface area contributed by atoms with Gasteiger partial charge >= 0.3 is 0 Å². The van der Waals surface area contributed by atoms with Gasteiger partial charge in [0.05, 0.1) is 25.4 Å². The van der Waals surface area contributed by atoms with Crippen molar-refractivity contribution in [3.05, 3.63) is 46.5 Å². The zero-order valence-electron chi connectivity index (χ0n) is 16.5. The number of rotatable bonds is 8. The van der Waals surface area contributed by atoms with E-state index in [1.54, 1.807) is 24.2 Å². The predicted octanol–water partition coefficient (Wildman–Crippen LogP) is 4.39. The molecule has 1 aromatic heterocycles. The fraction of sp³-hybridized carbons (Fsp3) is 0.600. The molecular weight excluding hydrogens is 401 g/mol. The minimum Gasteiger partial charge on any atom is -0.376 e. The molecule has 0 N–H and O–H groups in total. The number of benzene rings is 1. The number of nitrogens with zero attached hydrogens (tertiary/aromatic N) is 3. The summed E-state index contributed by atoms with van der Waals surface area (Å²) < 4.78 is 19.9. The third-order valence-electron chi connectivity index (χ3n) is 5.68. The Bertz CT molecular complexity index is 764. The smallest absolute Gasteiger partial charge is 0.165 e. The summed E-state index contributed by atoms with van der Waals surface area (Å²) in [4.78, 5) is 4.08. The van der Waals surface area contributed by atoms with Crippen molar-refractivity contribution in [1.29, 1.82) is 0 Å². The van der Waals surface area contributed by atoms with Crippen molar-refractivity contribution in [3.63, 3.8) is 0 Å². The summed E-state index contributed by atoms with van der Waals surface area (Å²) in [5.74, 6) is 0. The third-order valence-corrected chi connectivity index (χ3v) is 6.27. The van der Waals surface area contributed by atoms with Crippen molar-refractivity contribution >= 4 is 23.2 Å². The average Bonchev–Trinajstić information content (AvgIpc) is 3.19. The first kappa shape index (κ1) is 21.5. The van der Waals surface area contributed by atoms with E-state index in [0.29, 0.717) is 42.6 Å². The number of aryl methyl sites for hydroxylation is 1. The number of aromatic nitrogens is 3. The maximum atomic E-state index is 6.41. The Balaban J connectivity index is 1.90. The van der Waals surface area contributed by atoms with E-state index >= 15 is 0 Å². The van der Waals surface area contributed by atoms with E-state index in [4.69, 9.17) is 37.4 Å². The van der Waals surface area contributed by atoms with Gasteiger partial charge in [-0.25, -0.2) is 4.98 Å². The average molecular weight is 428 g/mol. The minimum absolute atomic E-state index is 0.370. The largest absolute Gasteiger partial charge is 0.376 e. The molecule has 0 aliphatic carbocycles. The summed E-state index contributed by atoms with van der Waals surface area (Å²) in [5.41, 5.74) is -0.0500. The van der Waals surface area contributed by atoms with Crippen LogP contribution in [0.1, 0.15) is 32.3 Å². The van der Waals surface area contributed by atoms with E-state index in [9.17, 15) is 0 Å². The van der Waals surface area contributed by atoms with Crippen LogP contribution in [0.25, 0.3) is 0 Å². The highest BCUT2D eigenvalue weighted by Gasteiger charge is 2.52. The van der Waals surface area contributed by atoms with E-state index in [-0.39, 0.29) is 6.29 Å². The fourth-order valence-corrected chi connectivity index (χ4v) is 4.29. The van der Waals surface area contributed by atoms with Crippen molar-refractivity contribution in [1.82, 2.24) is 14.8 Å². The number of methoxy groups -OCH3 is 1. The topological polar surface area (TPSA) is 58.4 Å². The summed E-state index contributed by atoms with van der Waals surface area (Å²) in [6, 6.07) is 5.58. The molecule has 28 heavy (non-hydrogen) atoms. The number of hydrogen-bond donors (Lipinski definition) is 0. The second-order valence-electron chi connectivity index (χ2n) is 7.68. The van der Waals surface area contributed by atoms with Crippen LogP contribution in [0.15, 0.2) is 30.9 Å². The predicted molar refractivity (Wildman–Crippen MR) is 109 cm³/mol. The highest BCUT2D eigenvalue weighted by molar-refractivity contribution is 6.35. The zero-order chi connectivity index (χ0) is 20.2. The van der Waals surface area contributed by atoms with Crippen LogP contribution in [0, 0.1) is 5.41 Å². The Hall–Kier alpha value is -1.18. The van der Waals surface area contributed by atoms with Gasteiger partial charge in [0.15, 0.2) is 6.29 Å². The third kappa shape index (κ3) is 4.52. The lowest BCUT2D eigenvalue weighted by atomic mass is 9.70. The Kier molecular flexibility index (Phi) is 6.99. The van der Waals surface area contributed by atoms with Crippen molar-refractivity contribution < 1.29 is 14.2 Å². The van der Waals surface area contributed by atoms with Crippen LogP contribution in [0.5, 0.6) is 0 Å². The van der Waals surface area contributed by atoms with Crippen LogP contribution in [-0.4, -0.2) is 47.0 Å². The molecule has 0 saturated carbocycles. The Morgan fingerprint density at radius 3 is 2.61 bits per heavy atom. The van der Waals surface area contributed by atoms with Crippen LogP contribution in [0.4, 0.5) is 0 Å². The molecule has 6 nitrogen and oxygen atoms in total. The molecule has 8 heteroatoms. The second-order valence-corrected chi connectivity index (χ2v) is 8.52. The van der Waals surface area contributed by atoms with Gasteiger partial charge in [-0.15, -0.1) is 0 Å². The standard InChI is InChI=1S/C20H27Cl2N3O3/c1-19(2,18-27-9-4-10-28-18)20(26-3,12-25-14-23-13-24-25)8-7-15-5-6-16(21)11-17(15)22/h5-6,11,13-14,18H,4,7-10,12H2,1-3H3. The molecule has 1 atom stereocenters. The van der Waals surface area contributed by atoms with Gasteiger partial charge in [-0.05, 0) is 37.0 Å². The van der Waals surface area contributed by atoms with Crippen molar-refractivity contribution in [2.24, 2.45) is 5.41 Å². The number of ether oxygens (including phenoxy) is 3. The molecule has 0 bridgehead atoms. The monoisotopic (exact) mass is 427 g/mol. The van der Waals surface area contributed by atoms with Gasteiger partial charge in [0, 0.05) is 22.6 Å². The van der Waals surface area contributed by atoms with Crippen LogP contribution in [-0.2, 0) is 27.2 Å². The van der Waals surface area contributed by atoms with Crippen LogP contribution < -0.4 is 0 Å². The highest BCUT2D eigenvalue weighted by Crippen LogP contribution is 2.44. The summed E-state index contributed by atoms with van der Waals surface area (Å²) in [6.07, 6.45) is 5.16. The van der Waals surface area contributed by atoms with Crippen LogP contribution in [0.3, 0.4) is 0 Å². The SMILES string of the molecule is COC(CCc1ccc(Cl)cc1Cl)(Cn1cncn1)C(C)(C)C1OCCCO1. The van der Waals surface area contributed by atoms with Crippen LogP contribution in [0.2, 0.25) is 10.0 Å². The Morgan fingerprint density at radius 1 is 1.25 bits per heavy atom. The normalized spacial score (nSPS) is 18.2. The van der Waals surface area contributed by atoms with E-state index in [2.05, 4.69) is 23.9 Å². The maximum absolute atomic E-state index is 6.41. The number of halogens is 2. The molecule has 1 aliphatic heterocycles. The molecule has 0 radical (unpaired) electrons. The minimum atomic E-state index is -0.619. The quantitative estimate of drug-likeness (QED) is 0.624. The molecule has 1 saturated heterocycles. The zero-order valence-corrected chi connectivity index (χ0v) is 18.0. The molecule has 1 unspecified atom stereocenters. The Morgan fingerprint density at radius 2 is 2.00 bits per heavy atom. The van der Waals surface area contributed by atoms with Gasteiger partial charge in [0.25, 0.3) is 0 Å². The summed E-state index contributed by atoms with van der Waals surface area (Å²) in [6.45, 7) is 6.12. The molecule has 2 heterocycles. The lowest BCUT2D eigenvalue weighted by molar-refractivity contribution is -0.279. The summed E-state index contributed by atoms with van der Waals surface area (Å²) >= 11 is 12.4. The van der Waals surface area contributed by atoms with Gasteiger partial charge < -0.3 is 14.2 Å². The van der Waals surface area contributed by atoms with Gasteiger partial charge in [0.2, 0.25) is 0 Å². The van der Waals surface area contributed by atoms with E-state index < -0.39 is 11.0 Å². The summed E-state index contributed by atoms with van der Waals surface area (Å²) in [7, 11) is 1.73. The van der Waals surface area contributed by atoms with Crippen molar-refractivity contribution in [2.75, 3.05) is 20.3 Å². The maximum Gasteiger partial charge on any atom is 0.165 e. The Labute approximate surface area is 176 Å². The van der Waals surface area contributed by atoms with Gasteiger partial charge in [-0.1, -0.05) is 43.1 Å². The van der Waals surface area contributed by atoms with Gasteiger partial charge in [0.1, 0.15) is 12.7 Å². The first-order valence-electron chi connectivity index (χ1n) is 9.43. The molecule has 154 valence electrons. The van der Waals surface area contributed by atoms with E-state index in [1.807, 2.05) is 12.1 Å². The van der Waals surface area contributed by atoms with E-state index in [1.165, 1.54) is 6.33 Å². The summed E-state index contributed by atoms with van der Waals surface area (Å²) in [5, 5.41) is 5.57. The first-order valence-corrected chi connectivity index (χ1v) is 10.2. The molecule has 1 aliphatic rings. The molecule has 0 amide bonds. The molecule has 1 fully saturated rings.